The minimum atomic E-state index is -1.69. The molecule has 0 bridgehead atoms. The Balaban J connectivity index is 1.37. The van der Waals surface area contributed by atoms with Crippen molar-refractivity contribution in [2.75, 3.05) is 22.6 Å². The van der Waals surface area contributed by atoms with Crippen LogP contribution in [0.25, 0.3) is 0 Å². The van der Waals surface area contributed by atoms with E-state index in [9.17, 15) is 23.1 Å². The fourth-order valence-corrected chi connectivity index (χ4v) is 3.49. The zero-order valence-corrected chi connectivity index (χ0v) is 18.4. The maximum atomic E-state index is 13.3. The van der Waals surface area contributed by atoms with E-state index in [0.717, 1.165) is 17.7 Å². The first-order valence-electron chi connectivity index (χ1n) is 10.4. The van der Waals surface area contributed by atoms with Crippen LogP contribution in [0.15, 0.2) is 42.6 Å². The van der Waals surface area contributed by atoms with Crippen molar-refractivity contribution in [1.82, 2.24) is 9.97 Å². The highest BCUT2D eigenvalue weighted by Crippen LogP contribution is 2.34. The molecular formula is C23H22F3N5O3. The number of anilines is 3. The van der Waals surface area contributed by atoms with E-state index in [1.807, 2.05) is 0 Å². The number of aromatic nitrogens is 2. The molecule has 0 unspecified atom stereocenters. The van der Waals surface area contributed by atoms with Gasteiger partial charge in [-0.15, -0.1) is 0 Å². The summed E-state index contributed by atoms with van der Waals surface area (Å²) in [6, 6.07) is 8.72. The van der Waals surface area contributed by atoms with Crippen molar-refractivity contribution in [3.8, 4) is 5.75 Å². The summed E-state index contributed by atoms with van der Waals surface area (Å²) in [5, 5.41) is 16.3. The molecule has 3 aromatic rings. The van der Waals surface area contributed by atoms with Crippen LogP contribution in [-0.2, 0) is 17.9 Å². The molecule has 0 aliphatic carbocycles. The number of nitrogens with one attached hydrogen (secondary N) is 2. The largest absolute Gasteiger partial charge is 0.489 e. The lowest BCUT2D eigenvalue weighted by Gasteiger charge is -2.40. The van der Waals surface area contributed by atoms with Crippen LogP contribution in [0.4, 0.5) is 30.6 Å². The third-order valence-corrected chi connectivity index (χ3v) is 5.57. The van der Waals surface area contributed by atoms with Crippen molar-refractivity contribution in [2.24, 2.45) is 0 Å². The number of nitrogens with zero attached hydrogens (tertiary/aromatic N) is 3. The number of aliphatic hydroxyl groups is 1. The number of fused-ring (bicyclic) bond motifs is 1. The van der Waals surface area contributed by atoms with Gasteiger partial charge in [-0.25, -0.2) is 18.2 Å². The van der Waals surface area contributed by atoms with E-state index in [1.54, 1.807) is 38.2 Å². The Bertz CT molecular complexity index is 1200. The molecule has 1 amide bonds. The first kappa shape index (κ1) is 23.3. The normalized spacial score (nSPS) is 17.2. The van der Waals surface area contributed by atoms with Crippen LogP contribution in [0, 0.1) is 17.5 Å². The third kappa shape index (κ3) is 4.46. The molecule has 1 aliphatic rings. The average Bonchev–Trinajstić information content (AvgIpc) is 2.84. The maximum Gasteiger partial charge on any atom is 0.277 e. The summed E-state index contributed by atoms with van der Waals surface area (Å²) < 4.78 is 45.2. The lowest BCUT2D eigenvalue weighted by molar-refractivity contribution is -0.134. The SMILES string of the molecule is CC[C@@]1(O)C(=O)Nc2cnc(NCc3ccc(OCc4cc(F)c(F)c(F)c4)cc3)nc2N1C. The van der Waals surface area contributed by atoms with Crippen LogP contribution in [0.5, 0.6) is 5.75 Å². The number of hydrogen-bond donors (Lipinski definition) is 3. The number of benzene rings is 2. The molecule has 11 heteroatoms. The standard InChI is InChI=1S/C23H22F3N5O3/c1-3-23(33)21(32)29-18-11-28-22(30-20(18)31(23)2)27-10-13-4-6-15(7-5-13)34-12-14-8-16(24)19(26)17(25)9-14/h4-9,11,33H,3,10,12H2,1-2H3,(H,29,32)(H,27,28,30)/t23-/m1/s1. The van der Waals surface area contributed by atoms with Crippen molar-refractivity contribution < 1.29 is 27.8 Å². The van der Waals surface area contributed by atoms with E-state index in [-0.39, 0.29) is 18.6 Å². The molecule has 0 radical (unpaired) electrons. The lowest BCUT2D eigenvalue weighted by Crippen LogP contribution is -2.58. The molecule has 0 spiro atoms. The Morgan fingerprint density at radius 3 is 2.47 bits per heavy atom. The quantitative estimate of drug-likeness (QED) is 0.451. The molecule has 8 nitrogen and oxygen atoms in total. The van der Waals surface area contributed by atoms with Gasteiger partial charge in [0.15, 0.2) is 23.3 Å². The predicted octanol–water partition coefficient (Wildman–Crippen LogP) is 3.57. The van der Waals surface area contributed by atoms with Crippen molar-refractivity contribution in [1.29, 1.82) is 0 Å². The Kier molecular flexibility index (Phi) is 6.29. The first-order chi connectivity index (χ1) is 16.2. The number of halogens is 3. The van der Waals surface area contributed by atoms with Gasteiger partial charge in [0, 0.05) is 20.0 Å². The molecule has 3 N–H and O–H groups in total. The van der Waals surface area contributed by atoms with Gasteiger partial charge < -0.3 is 25.4 Å². The first-order valence-corrected chi connectivity index (χ1v) is 10.4. The molecule has 178 valence electrons. The lowest BCUT2D eigenvalue weighted by atomic mass is 10.1. The van der Waals surface area contributed by atoms with Crippen LogP contribution < -0.4 is 20.3 Å². The van der Waals surface area contributed by atoms with Crippen LogP contribution in [0.3, 0.4) is 0 Å². The van der Waals surface area contributed by atoms with E-state index in [4.69, 9.17) is 4.74 Å². The number of rotatable bonds is 7. The molecule has 4 rings (SSSR count). The van der Waals surface area contributed by atoms with Gasteiger partial charge in [0.25, 0.3) is 5.91 Å². The summed E-state index contributed by atoms with van der Waals surface area (Å²) in [6.07, 6.45) is 1.65. The molecule has 2 heterocycles. The predicted molar refractivity (Wildman–Crippen MR) is 119 cm³/mol. The molecule has 0 fully saturated rings. The number of carbonyl (C=O) groups is 1. The Hall–Kier alpha value is -3.86. The van der Waals surface area contributed by atoms with E-state index >= 15 is 0 Å². The average molecular weight is 473 g/mol. The van der Waals surface area contributed by atoms with Crippen molar-refractivity contribution in [3.63, 3.8) is 0 Å². The molecule has 0 saturated carbocycles. The van der Waals surface area contributed by atoms with Crippen molar-refractivity contribution in [2.45, 2.75) is 32.2 Å². The van der Waals surface area contributed by atoms with Gasteiger partial charge in [-0.2, -0.15) is 4.98 Å². The second kappa shape index (κ2) is 9.18. The van der Waals surface area contributed by atoms with E-state index in [0.29, 0.717) is 29.7 Å². The highest BCUT2D eigenvalue weighted by molar-refractivity contribution is 6.04. The zero-order valence-electron chi connectivity index (χ0n) is 18.4. The van der Waals surface area contributed by atoms with Gasteiger partial charge in [-0.05, 0) is 35.4 Å². The minimum Gasteiger partial charge on any atom is -0.489 e. The van der Waals surface area contributed by atoms with Crippen LogP contribution in [-0.4, -0.2) is 33.8 Å². The summed E-state index contributed by atoms with van der Waals surface area (Å²) in [5.41, 5.74) is -0.249. The molecular weight excluding hydrogens is 451 g/mol. The molecule has 1 aliphatic heterocycles. The Morgan fingerprint density at radius 1 is 1.15 bits per heavy atom. The fourth-order valence-electron chi connectivity index (χ4n) is 3.49. The van der Waals surface area contributed by atoms with Gasteiger partial charge in [0.05, 0.1) is 6.20 Å². The van der Waals surface area contributed by atoms with E-state index in [2.05, 4.69) is 20.6 Å². The van der Waals surface area contributed by atoms with Gasteiger partial charge >= 0.3 is 0 Å². The summed E-state index contributed by atoms with van der Waals surface area (Å²) in [4.78, 5) is 22.2. The number of hydrogen-bond acceptors (Lipinski definition) is 7. The number of amides is 1. The molecule has 34 heavy (non-hydrogen) atoms. The number of likely N-dealkylation sites (N-methyl/N-ethyl adjacent to an activating group) is 1. The maximum absolute atomic E-state index is 13.3. The van der Waals surface area contributed by atoms with Crippen LogP contribution in [0.1, 0.15) is 24.5 Å². The Labute approximate surface area is 193 Å². The van der Waals surface area contributed by atoms with E-state index < -0.39 is 29.1 Å². The topological polar surface area (TPSA) is 99.6 Å². The van der Waals surface area contributed by atoms with Crippen molar-refractivity contribution in [3.05, 3.63) is 71.2 Å². The van der Waals surface area contributed by atoms with Gasteiger partial charge in [0.1, 0.15) is 18.0 Å². The van der Waals surface area contributed by atoms with Gasteiger partial charge in [0.2, 0.25) is 11.7 Å². The van der Waals surface area contributed by atoms with E-state index in [1.165, 1.54) is 11.1 Å². The molecule has 1 atom stereocenters. The monoisotopic (exact) mass is 473 g/mol. The molecule has 1 aromatic heterocycles. The minimum absolute atomic E-state index is 0.122. The molecule has 0 saturated heterocycles. The van der Waals surface area contributed by atoms with Crippen LogP contribution in [0.2, 0.25) is 0 Å². The Morgan fingerprint density at radius 2 is 1.82 bits per heavy atom. The fraction of sp³-hybridized carbons (Fsp3) is 0.261. The van der Waals surface area contributed by atoms with Crippen LogP contribution >= 0.6 is 0 Å². The summed E-state index contributed by atoms with van der Waals surface area (Å²) >= 11 is 0. The summed E-state index contributed by atoms with van der Waals surface area (Å²) in [7, 11) is 1.59. The second-order valence-corrected chi connectivity index (χ2v) is 7.77. The number of carbonyl (C=O) groups excluding carboxylic acids is 1. The van der Waals surface area contributed by atoms with Gasteiger partial charge in [-0.1, -0.05) is 19.1 Å². The summed E-state index contributed by atoms with van der Waals surface area (Å²) in [6.45, 7) is 1.95. The highest BCUT2D eigenvalue weighted by atomic mass is 19.2. The number of ether oxygens (including phenoxy) is 1. The van der Waals surface area contributed by atoms with Gasteiger partial charge in [-0.3, -0.25) is 4.79 Å². The smallest absolute Gasteiger partial charge is 0.277 e. The second-order valence-electron chi connectivity index (χ2n) is 7.77. The summed E-state index contributed by atoms with van der Waals surface area (Å²) in [5.74, 6) is -3.42. The molecule has 2 aromatic carbocycles. The highest BCUT2D eigenvalue weighted by Gasteiger charge is 2.44. The van der Waals surface area contributed by atoms with Crippen molar-refractivity contribution >= 4 is 23.4 Å². The third-order valence-electron chi connectivity index (χ3n) is 5.57. The zero-order chi connectivity index (χ0) is 24.5.